The van der Waals surface area contributed by atoms with E-state index in [2.05, 4.69) is 29.4 Å². The Morgan fingerprint density at radius 1 is 1.08 bits per heavy atom. The summed E-state index contributed by atoms with van der Waals surface area (Å²) in [5.74, 6) is -0.0134. The third-order valence-corrected chi connectivity index (χ3v) is 6.97. The number of pyridine rings is 1. The highest BCUT2D eigenvalue weighted by molar-refractivity contribution is 6.09. The van der Waals surface area contributed by atoms with E-state index in [-0.39, 0.29) is 23.1 Å². The van der Waals surface area contributed by atoms with Crippen molar-refractivity contribution in [2.45, 2.75) is 19.4 Å². The van der Waals surface area contributed by atoms with Crippen LogP contribution in [0.25, 0.3) is 34.4 Å². The SMILES string of the molecule is CN(C)C(=O)c1cccc(/C=C/c2[nH]nc3nc(-c4ccc(O)cc4)cc(C(=O)N4CCNCC4(C)C)c23)c1. The summed E-state index contributed by atoms with van der Waals surface area (Å²) in [4.78, 5) is 34.7. The quantitative estimate of drug-likeness (QED) is 0.363. The van der Waals surface area contributed by atoms with Crippen LogP contribution in [0, 0.1) is 0 Å². The van der Waals surface area contributed by atoms with Crippen molar-refractivity contribution >= 4 is 35.0 Å². The van der Waals surface area contributed by atoms with E-state index in [1.54, 1.807) is 50.5 Å². The van der Waals surface area contributed by atoms with E-state index in [1.165, 1.54) is 4.90 Å². The number of piperazine rings is 1. The molecule has 2 aromatic carbocycles. The van der Waals surface area contributed by atoms with Gasteiger partial charge in [0.15, 0.2) is 5.65 Å². The van der Waals surface area contributed by atoms with E-state index in [9.17, 15) is 14.7 Å². The standard InChI is InChI=1S/C30H32N6O3/c1-30(2)18-31-14-15-36(30)29(39)23-17-25(20-9-11-22(37)12-10-20)32-27-26(23)24(33-34-27)13-8-19-6-5-7-21(16-19)28(38)35(3)4/h5-13,16-17,31,37H,14-15,18H2,1-4H3,(H,32,33,34)/b13-8+. The largest absolute Gasteiger partial charge is 0.508 e. The summed E-state index contributed by atoms with van der Waals surface area (Å²) in [6, 6.07) is 15.9. The van der Waals surface area contributed by atoms with E-state index in [0.717, 1.165) is 11.1 Å². The summed E-state index contributed by atoms with van der Waals surface area (Å²) in [5.41, 5.74) is 4.00. The molecule has 0 aliphatic carbocycles. The second-order valence-corrected chi connectivity index (χ2v) is 10.5. The van der Waals surface area contributed by atoms with Gasteiger partial charge in [0.05, 0.1) is 27.9 Å². The lowest BCUT2D eigenvalue weighted by Crippen LogP contribution is -2.59. The molecule has 2 aromatic heterocycles. The van der Waals surface area contributed by atoms with Gasteiger partial charge in [-0.2, -0.15) is 5.10 Å². The Morgan fingerprint density at radius 3 is 2.56 bits per heavy atom. The molecule has 39 heavy (non-hydrogen) atoms. The van der Waals surface area contributed by atoms with Crippen molar-refractivity contribution in [3.05, 3.63) is 77.0 Å². The number of rotatable bonds is 5. The molecule has 3 heterocycles. The van der Waals surface area contributed by atoms with Crippen molar-refractivity contribution in [2.24, 2.45) is 0 Å². The zero-order chi connectivity index (χ0) is 27.7. The highest BCUT2D eigenvalue weighted by Crippen LogP contribution is 2.30. The first-order chi connectivity index (χ1) is 18.6. The summed E-state index contributed by atoms with van der Waals surface area (Å²) >= 11 is 0. The van der Waals surface area contributed by atoms with Crippen molar-refractivity contribution in [1.29, 1.82) is 0 Å². The number of carbonyl (C=O) groups is 2. The van der Waals surface area contributed by atoms with Gasteiger partial charge in [0.1, 0.15) is 5.75 Å². The Hall–Kier alpha value is -4.50. The number of amides is 2. The second-order valence-electron chi connectivity index (χ2n) is 10.5. The molecule has 9 heteroatoms. The maximum Gasteiger partial charge on any atom is 0.255 e. The number of aromatic hydroxyl groups is 1. The third kappa shape index (κ3) is 5.26. The van der Waals surface area contributed by atoms with Crippen LogP contribution in [0.1, 0.15) is 45.8 Å². The topological polar surface area (TPSA) is 114 Å². The van der Waals surface area contributed by atoms with Crippen LogP contribution in [-0.4, -0.2) is 81.2 Å². The molecule has 0 atom stereocenters. The summed E-state index contributed by atoms with van der Waals surface area (Å²) in [5, 5.41) is 21.2. The minimum atomic E-state index is -0.372. The maximum atomic E-state index is 14.1. The molecule has 1 fully saturated rings. The molecule has 200 valence electrons. The molecule has 1 aliphatic rings. The minimum Gasteiger partial charge on any atom is -0.508 e. The molecular formula is C30H32N6O3. The molecule has 1 aliphatic heterocycles. The molecule has 9 nitrogen and oxygen atoms in total. The molecular weight excluding hydrogens is 492 g/mol. The van der Waals surface area contributed by atoms with Crippen molar-refractivity contribution in [2.75, 3.05) is 33.7 Å². The van der Waals surface area contributed by atoms with E-state index >= 15 is 0 Å². The third-order valence-electron chi connectivity index (χ3n) is 6.97. The van der Waals surface area contributed by atoms with Crippen LogP contribution in [0.2, 0.25) is 0 Å². The van der Waals surface area contributed by atoms with Gasteiger partial charge in [-0.25, -0.2) is 4.98 Å². The van der Waals surface area contributed by atoms with E-state index in [1.807, 2.05) is 35.3 Å². The molecule has 0 unspecified atom stereocenters. The van der Waals surface area contributed by atoms with Crippen LogP contribution < -0.4 is 5.32 Å². The summed E-state index contributed by atoms with van der Waals surface area (Å²) in [7, 11) is 3.44. The van der Waals surface area contributed by atoms with Gasteiger partial charge in [0.2, 0.25) is 0 Å². The predicted molar refractivity (Wildman–Crippen MR) is 152 cm³/mol. The fraction of sp³-hybridized carbons (Fsp3) is 0.267. The maximum absolute atomic E-state index is 14.1. The Labute approximate surface area is 227 Å². The minimum absolute atomic E-state index is 0.0743. The average molecular weight is 525 g/mol. The van der Waals surface area contributed by atoms with Gasteiger partial charge in [-0.15, -0.1) is 0 Å². The number of H-pyrrole nitrogens is 1. The first-order valence-electron chi connectivity index (χ1n) is 12.8. The average Bonchev–Trinajstić information content (AvgIpc) is 3.34. The number of phenols is 1. The number of fused-ring (bicyclic) bond motifs is 1. The zero-order valence-electron chi connectivity index (χ0n) is 22.5. The van der Waals surface area contributed by atoms with Crippen LogP contribution in [0.5, 0.6) is 5.75 Å². The Balaban J connectivity index is 1.61. The molecule has 0 spiro atoms. The first-order valence-corrected chi connectivity index (χ1v) is 12.8. The lowest BCUT2D eigenvalue weighted by molar-refractivity contribution is 0.0479. The summed E-state index contributed by atoms with van der Waals surface area (Å²) in [6.07, 6.45) is 3.74. The van der Waals surface area contributed by atoms with E-state index in [4.69, 9.17) is 4.98 Å². The van der Waals surface area contributed by atoms with Gasteiger partial charge in [-0.3, -0.25) is 14.7 Å². The molecule has 2 amide bonds. The smallest absolute Gasteiger partial charge is 0.255 e. The van der Waals surface area contributed by atoms with Gasteiger partial charge >= 0.3 is 0 Å². The summed E-state index contributed by atoms with van der Waals surface area (Å²) < 4.78 is 0. The molecule has 0 radical (unpaired) electrons. The van der Waals surface area contributed by atoms with Crippen molar-refractivity contribution in [3.8, 4) is 17.0 Å². The van der Waals surface area contributed by atoms with Gasteiger partial charge in [-0.05, 0) is 68.0 Å². The lowest BCUT2D eigenvalue weighted by atomic mass is 9.97. The number of phenolic OH excluding ortho intramolecular Hbond substituents is 1. The number of aromatic nitrogens is 3. The number of hydrogen-bond donors (Lipinski definition) is 3. The fourth-order valence-electron chi connectivity index (χ4n) is 4.83. The van der Waals surface area contributed by atoms with Crippen LogP contribution in [0.4, 0.5) is 0 Å². The fourth-order valence-corrected chi connectivity index (χ4v) is 4.83. The predicted octanol–water partition coefficient (Wildman–Crippen LogP) is 4.03. The van der Waals surface area contributed by atoms with Crippen molar-refractivity contribution in [3.63, 3.8) is 0 Å². The van der Waals surface area contributed by atoms with Crippen molar-refractivity contribution < 1.29 is 14.7 Å². The van der Waals surface area contributed by atoms with Gasteiger partial charge in [0.25, 0.3) is 11.8 Å². The summed E-state index contributed by atoms with van der Waals surface area (Å²) in [6.45, 7) is 6.09. The molecule has 0 saturated carbocycles. The number of benzene rings is 2. The van der Waals surface area contributed by atoms with E-state index in [0.29, 0.717) is 53.2 Å². The molecule has 1 saturated heterocycles. The molecule has 3 N–H and O–H groups in total. The normalized spacial score (nSPS) is 15.1. The lowest BCUT2D eigenvalue weighted by Gasteiger charge is -2.43. The number of hydrogen-bond acceptors (Lipinski definition) is 6. The highest BCUT2D eigenvalue weighted by Gasteiger charge is 2.35. The van der Waals surface area contributed by atoms with Crippen LogP contribution in [0.15, 0.2) is 54.6 Å². The Kier molecular flexibility index (Phi) is 6.93. The Bertz CT molecular complexity index is 1570. The van der Waals surface area contributed by atoms with E-state index < -0.39 is 0 Å². The molecule has 5 rings (SSSR count). The van der Waals surface area contributed by atoms with Crippen LogP contribution in [-0.2, 0) is 0 Å². The monoisotopic (exact) mass is 524 g/mol. The molecule has 4 aromatic rings. The number of nitrogens with one attached hydrogen (secondary N) is 2. The molecule has 0 bridgehead atoms. The number of carbonyl (C=O) groups excluding carboxylic acids is 2. The van der Waals surface area contributed by atoms with Crippen LogP contribution in [0.3, 0.4) is 0 Å². The van der Waals surface area contributed by atoms with Crippen molar-refractivity contribution in [1.82, 2.24) is 30.3 Å². The van der Waals surface area contributed by atoms with Crippen LogP contribution >= 0.6 is 0 Å². The number of nitrogens with zero attached hydrogens (tertiary/aromatic N) is 4. The first kappa shape index (κ1) is 26.1. The Morgan fingerprint density at radius 2 is 1.85 bits per heavy atom. The van der Waals surface area contributed by atoms with Gasteiger partial charge < -0.3 is 20.2 Å². The zero-order valence-corrected chi connectivity index (χ0v) is 22.5. The van der Waals surface area contributed by atoms with Gasteiger partial charge in [-0.1, -0.05) is 18.2 Å². The second kappa shape index (κ2) is 10.3. The number of aromatic amines is 1. The highest BCUT2D eigenvalue weighted by atomic mass is 16.3. The van der Waals surface area contributed by atoms with Gasteiger partial charge in [0, 0.05) is 44.9 Å².